The van der Waals surface area contributed by atoms with Gasteiger partial charge in [0, 0.05) is 23.7 Å². The Morgan fingerprint density at radius 1 is 1.17 bits per heavy atom. The minimum Gasteiger partial charge on any atom is -0.497 e. The van der Waals surface area contributed by atoms with Crippen LogP contribution in [0.15, 0.2) is 42.6 Å². The van der Waals surface area contributed by atoms with Crippen molar-refractivity contribution in [1.29, 1.82) is 0 Å². The topological polar surface area (TPSA) is 63.2 Å². The van der Waals surface area contributed by atoms with Crippen molar-refractivity contribution in [1.82, 2.24) is 10.3 Å². The van der Waals surface area contributed by atoms with Crippen molar-refractivity contribution in [3.63, 3.8) is 0 Å². The van der Waals surface area contributed by atoms with Crippen LogP contribution in [-0.4, -0.2) is 31.1 Å². The minimum atomic E-state index is -0.0873. The third-order valence-corrected chi connectivity index (χ3v) is 5.18. The van der Waals surface area contributed by atoms with Crippen LogP contribution in [0.2, 0.25) is 0 Å². The first-order chi connectivity index (χ1) is 13.6. The number of methoxy groups -OCH3 is 1. The Morgan fingerprint density at radius 3 is 2.62 bits per heavy atom. The number of nitrogens with one attached hydrogen (secondary N) is 2. The van der Waals surface area contributed by atoms with Gasteiger partial charge in [0.05, 0.1) is 18.5 Å². The number of halogens is 1. The van der Waals surface area contributed by atoms with Gasteiger partial charge >= 0.3 is 0 Å². The summed E-state index contributed by atoms with van der Waals surface area (Å²) < 4.78 is 5.34. The third kappa shape index (κ3) is 7.67. The van der Waals surface area contributed by atoms with Gasteiger partial charge in [0.15, 0.2) is 0 Å². The first kappa shape index (κ1) is 24.9. The van der Waals surface area contributed by atoms with Gasteiger partial charge in [-0.25, -0.2) is 0 Å². The summed E-state index contributed by atoms with van der Waals surface area (Å²) in [4.78, 5) is 17.3. The maximum Gasteiger partial charge on any atom is 0.227 e. The molecule has 1 amide bonds. The molecule has 0 radical (unpaired) electrons. The second-order valence-electron chi connectivity index (χ2n) is 7.27. The van der Waals surface area contributed by atoms with Crippen LogP contribution < -0.4 is 15.4 Å². The molecule has 0 saturated carbocycles. The molecule has 160 valence electrons. The van der Waals surface area contributed by atoms with Crippen molar-refractivity contribution in [2.45, 2.75) is 40.0 Å². The van der Waals surface area contributed by atoms with Gasteiger partial charge in [0.25, 0.3) is 0 Å². The number of benzene rings is 1. The predicted octanol–water partition coefficient (Wildman–Crippen LogP) is 5.17. The fourth-order valence-electron chi connectivity index (χ4n) is 3.01. The molecule has 0 saturated heterocycles. The lowest BCUT2D eigenvalue weighted by atomic mass is 9.92. The molecule has 29 heavy (non-hydrogen) atoms. The normalized spacial score (nSPS) is 12.6. The molecule has 5 nitrogen and oxygen atoms in total. The molecule has 2 N–H and O–H groups in total. The van der Waals surface area contributed by atoms with Crippen LogP contribution in [0.5, 0.6) is 5.75 Å². The summed E-state index contributed by atoms with van der Waals surface area (Å²) in [5, 5.41) is 6.55. The molecule has 0 spiro atoms. The van der Waals surface area contributed by atoms with Crippen molar-refractivity contribution in [3.05, 3.63) is 42.6 Å². The van der Waals surface area contributed by atoms with Gasteiger partial charge in [-0.1, -0.05) is 33.3 Å². The van der Waals surface area contributed by atoms with Crippen LogP contribution in [0.1, 0.15) is 40.0 Å². The largest absolute Gasteiger partial charge is 0.497 e. The lowest BCUT2D eigenvalue weighted by molar-refractivity contribution is -0.120. The van der Waals surface area contributed by atoms with Crippen LogP contribution in [0.25, 0.3) is 11.3 Å². The number of pyridine rings is 1. The van der Waals surface area contributed by atoms with E-state index in [-0.39, 0.29) is 30.2 Å². The number of ether oxygens (including phenoxy) is 1. The van der Waals surface area contributed by atoms with E-state index < -0.39 is 0 Å². The lowest BCUT2D eigenvalue weighted by Gasteiger charge is -2.21. The number of unbranched alkanes of at least 4 members (excludes halogenated alkanes) is 1. The summed E-state index contributed by atoms with van der Waals surface area (Å²) in [5.74, 6) is 0.927. The van der Waals surface area contributed by atoms with Gasteiger partial charge in [0.1, 0.15) is 5.75 Å². The number of rotatable bonds is 11. The van der Waals surface area contributed by atoms with Crippen LogP contribution >= 0.6 is 12.4 Å². The quantitative estimate of drug-likeness (QED) is 0.493. The van der Waals surface area contributed by atoms with Gasteiger partial charge in [-0.2, -0.15) is 0 Å². The minimum absolute atomic E-state index is 0. The Morgan fingerprint density at radius 2 is 1.97 bits per heavy atom. The Labute approximate surface area is 181 Å². The second kappa shape index (κ2) is 13.2. The van der Waals surface area contributed by atoms with E-state index in [4.69, 9.17) is 4.74 Å². The van der Waals surface area contributed by atoms with Crippen molar-refractivity contribution in [2.24, 2.45) is 11.8 Å². The molecule has 1 heterocycles. The fourth-order valence-corrected chi connectivity index (χ4v) is 3.01. The number of aromatic nitrogens is 1. The predicted molar refractivity (Wildman–Crippen MR) is 123 cm³/mol. The Hall–Kier alpha value is -2.11. The van der Waals surface area contributed by atoms with E-state index in [9.17, 15) is 4.79 Å². The summed E-state index contributed by atoms with van der Waals surface area (Å²) in [6.07, 6.45) is 5.11. The number of nitrogens with zero attached hydrogens (tertiary/aromatic N) is 1. The lowest BCUT2D eigenvalue weighted by Crippen LogP contribution is -2.28. The summed E-state index contributed by atoms with van der Waals surface area (Å²) in [5.41, 5.74) is 2.43. The summed E-state index contributed by atoms with van der Waals surface area (Å²) in [7, 11) is 1.62. The summed E-state index contributed by atoms with van der Waals surface area (Å²) in [6, 6.07) is 11.4. The molecule has 0 fully saturated rings. The highest BCUT2D eigenvalue weighted by Gasteiger charge is 2.21. The molecule has 2 atom stereocenters. The van der Waals surface area contributed by atoms with Gasteiger partial charge in [-0.15, -0.1) is 12.4 Å². The average Bonchev–Trinajstić information content (AvgIpc) is 2.73. The molecular weight excluding hydrogens is 386 g/mol. The zero-order chi connectivity index (χ0) is 20.4. The van der Waals surface area contributed by atoms with E-state index in [1.807, 2.05) is 43.3 Å². The van der Waals surface area contributed by atoms with Gasteiger partial charge in [-0.3, -0.25) is 9.78 Å². The SMILES string of the molecule is CCCCNCCC(C)C(C)C(=O)Nc1cc(OC)ccc1-c1ccccn1.Cl. The number of hydrogen-bond acceptors (Lipinski definition) is 4. The number of carbonyl (C=O) groups excluding carboxylic acids is 1. The standard InChI is InChI=1S/C23H33N3O2.ClH/c1-5-6-13-24-15-12-17(2)18(3)23(27)26-22-16-19(28-4)10-11-20(22)21-9-7-8-14-25-21;/h7-11,14,16-18,24H,5-6,12-13,15H2,1-4H3,(H,26,27);1H. The van der Waals surface area contributed by atoms with Crippen LogP contribution in [-0.2, 0) is 4.79 Å². The number of amides is 1. The molecule has 1 aromatic heterocycles. The van der Waals surface area contributed by atoms with E-state index in [0.29, 0.717) is 5.75 Å². The van der Waals surface area contributed by atoms with E-state index in [1.54, 1.807) is 13.3 Å². The molecule has 1 aromatic carbocycles. The molecule has 2 unspecified atom stereocenters. The number of anilines is 1. The highest BCUT2D eigenvalue weighted by atomic mass is 35.5. The highest BCUT2D eigenvalue weighted by Crippen LogP contribution is 2.31. The fraction of sp³-hybridized carbons (Fsp3) is 0.478. The van der Waals surface area contributed by atoms with Crippen LogP contribution in [0, 0.1) is 11.8 Å². The average molecular weight is 420 g/mol. The van der Waals surface area contributed by atoms with Gasteiger partial charge < -0.3 is 15.4 Å². The Bertz CT molecular complexity index is 740. The molecule has 0 aliphatic rings. The van der Waals surface area contributed by atoms with Crippen LogP contribution in [0.4, 0.5) is 5.69 Å². The zero-order valence-electron chi connectivity index (χ0n) is 17.9. The Balaban J connectivity index is 0.00000420. The maximum atomic E-state index is 12.9. The summed E-state index contributed by atoms with van der Waals surface area (Å²) >= 11 is 0. The molecule has 6 heteroatoms. The number of carbonyl (C=O) groups is 1. The third-order valence-electron chi connectivity index (χ3n) is 5.18. The van der Waals surface area contributed by atoms with Crippen molar-refractivity contribution < 1.29 is 9.53 Å². The van der Waals surface area contributed by atoms with Gasteiger partial charge in [0.2, 0.25) is 5.91 Å². The summed E-state index contributed by atoms with van der Waals surface area (Å²) in [6.45, 7) is 8.30. The molecule has 2 rings (SSSR count). The highest BCUT2D eigenvalue weighted by molar-refractivity contribution is 5.96. The molecular formula is C23H34ClN3O2. The first-order valence-electron chi connectivity index (χ1n) is 10.2. The molecule has 0 bridgehead atoms. The first-order valence-corrected chi connectivity index (χ1v) is 10.2. The van der Waals surface area contributed by atoms with E-state index >= 15 is 0 Å². The van der Waals surface area contributed by atoms with Crippen molar-refractivity contribution in [2.75, 3.05) is 25.5 Å². The van der Waals surface area contributed by atoms with Gasteiger partial charge in [-0.05, 0) is 56.1 Å². The van der Waals surface area contributed by atoms with E-state index in [1.165, 1.54) is 12.8 Å². The van der Waals surface area contributed by atoms with Crippen molar-refractivity contribution >= 4 is 24.0 Å². The molecule has 2 aromatic rings. The molecule has 0 aliphatic heterocycles. The van der Waals surface area contributed by atoms with E-state index in [0.717, 1.165) is 36.5 Å². The van der Waals surface area contributed by atoms with Crippen LogP contribution in [0.3, 0.4) is 0 Å². The monoisotopic (exact) mass is 419 g/mol. The van der Waals surface area contributed by atoms with Crippen molar-refractivity contribution in [3.8, 4) is 17.0 Å². The van der Waals surface area contributed by atoms with E-state index in [2.05, 4.69) is 29.5 Å². The maximum absolute atomic E-state index is 12.9. The molecule has 0 aliphatic carbocycles. The Kier molecular flexibility index (Phi) is 11.3. The number of hydrogen-bond donors (Lipinski definition) is 2. The zero-order valence-corrected chi connectivity index (χ0v) is 18.7. The second-order valence-corrected chi connectivity index (χ2v) is 7.27. The smallest absolute Gasteiger partial charge is 0.227 e.